The molecule has 3 N–H and O–H groups in total. The minimum absolute atomic E-state index is 0.171. The molecule has 0 radical (unpaired) electrons. The molecule has 6 heteroatoms. The van der Waals surface area contributed by atoms with E-state index in [4.69, 9.17) is 22.5 Å². The van der Waals surface area contributed by atoms with Crippen molar-refractivity contribution in [1.82, 2.24) is 4.90 Å². The molecule has 0 heterocycles. The maximum atomic E-state index is 13.6. The molecule has 1 aromatic carbocycles. The molecular weight excluding hydrogens is 257 g/mol. The van der Waals surface area contributed by atoms with Crippen LogP contribution in [-0.2, 0) is 6.54 Å². The molecule has 0 saturated heterocycles. The van der Waals surface area contributed by atoms with Gasteiger partial charge in [-0.15, -0.1) is 0 Å². The number of hydrogen-bond donors (Lipinski definition) is 2. The number of amidine groups is 1. The molecule has 0 aromatic heterocycles. The van der Waals surface area contributed by atoms with Crippen molar-refractivity contribution in [2.45, 2.75) is 19.9 Å². The second-order valence-electron chi connectivity index (χ2n) is 3.95. The van der Waals surface area contributed by atoms with Crippen LogP contribution < -0.4 is 5.73 Å². The maximum Gasteiger partial charge on any atom is 0.140 e. The van der Waals surface area contributed by atoms with Gasteiger partial charge >= 0.3 is 0 Å². The standard InChI is InChI=1S/C12H17ClFN3O/c1-2-17(6-5-12(15)16-18)8-9-3-4-10(13)7-11(9)14/h3-4,7,18H,2,5-6,8H2,1H3,(H2,15,16). The van der Waals surface area contributed by atoms with Crippen LogP contribution >= 0.6 is 11.6 Å². The van der Waals surface area contributed by atoms with Crippen LogP contribution in [0.1, 0.15) is 18.9 Å². The van der Waals surface area contributed by atoms with Crippen LogP contribution in [0, 0.1) is 5.82 Å². The lowest BCUT2D eigenvalue weighted by molar-refractivity contribution is 0.279. The summed E-state index contributed by atoms with van der Waals surface area (Å²) < 4.78 is 13.6. The lowest BCUT2D eigenvalue weighted by atomic mass is 10.2. The molecule has 0 fully saturated rings. The van der Waals surface area contributed by atoms with E-state index < -0.39 is 0 Å². The fraction of sp³-hybridized carbons (Fsp3) is 0.417. The molecule has 1 aromatic rings. The summed E-state index contributed by atoms with van der Waals surface area (Å²) in [7, 11) is 0. The zero-order valence-electron chi connectivity index (χ0n) is 10.2. The number of nitrogens with two attached hydrogens (primary N) is 1. The van der Waals surface area contributed by atoms with Crippen LogP contribution in [0.5, 0.6) is 0 Å². The van der Waals surface area contributed by atoms with E-state index in [0.717, 1.165) is 6.54 Å². The van der Waals surface area contributed by atoms with E-state index in [2.05, 4.69) is 5.16 Å². The molecule has 0 amide bonds. The summed E-state index contributed by atoms with van der Waals surface area (Å²) in [6.07, 6.45) is 0.444. The van der Waals surface area contributed by atoms with Gasteiger partial charge in [0.15, 0.2) is 0 Å². The number of rotatable bonds is 6. The summed E-state index contributed by atoms with van der Waals surface area (Å²) in [5, 5.41) is 11.7. The van der Waals surface area contributed by atoms with Gasteiger partial charge in [-0.05, 0) is 18.7 Å². The number of hydrogen-bond acceptors (Lipinski definition) is 3. The Morgan fingerprint density at radius 2 is 2.28 bits per heavy atom. The zero-order chi connectivity index (χ0) is 13.5. The number of nitrogens with zero attached hydrogens (tertiary/aromatic N) is 2. The first kappa shape index (κ1) is 14.7. The quantitative estimate of drug-likeness (QED) is 0.362. The number of halogens is 2. The summed E-state index contributed by atoms with van der Waals surface area (Å²) in [4.78, 5) is 2.00. The average molecular weight is 274 g/mol. The Hall–Kier alpha value is -1.33. The molecule has 0 aliphatic heterocycles. The largest absolute Gasteiger partial charge is 0.409 e. The fourth-order valence-electron chi connectivity index (χ4n) is 1.56. The molecule has 0 spiro atoms. The maximum absolute atomic E-state index is 13.6. The second kappa shape index (κ2) is 7.18. The van der Waals surface area contributed by atoms with E-state index in [1.165, 1.54) is 6.07 Å². The average Bonchev–Trinajstić information content (AvgIpc) is 2.36. The predicted molar refractivity (Wildman–Crippen MR) is 70.4 cm³/mol. The number of benzene rings is 1. The SMILES string of the molecule is CCN(CC/C(N)=N/O)Cc1ccc(Cl)cc1F. The highest BCUT2D eigenvalue weighted by molar-refractivity contribution is 6.30. The monoisotopic (exact) mass is 273 g/mol. The number of oxime groups is 1. The lowest BCUT2D eigenvalue weighted by Crippen LogP contribution is -2.28. The summed E-state index contributed by atoms with van der Waals surface area (Å²) in [6.45, 7) is 3.80. The molecule has 0 unspecified atom stereocenters. The van der Waals surface area contributed by atoms with Gasteiger partial charge in [0, 0.05) is 30.1 Å². The van der Waals surface area contributed by atoms with Crippen LogP contribution in [-0.4, -0.2) is 29.0 Å². The molecule has 4 nitrogen and oxygen atoms in total. The van der Waals surface area contributed by atoms with Gasteiger partial charge in [-0.2, -0.15) is 0 Å². The third kappa shape index (κ3) is 4.50. The Balaban J connectivity index is 2.62. The first-order valence-corrected chi connectivity index (χ1v) is 6.07. The first-order chi connectivity index (χ1) is 8.56. The van der Waals surface area contributed by atoms with Crippen LogP contribution in [0.25, 0.3) is 0 Å². The van der Waals surface area contributed by atoms with Gasteiger partial charge in [-0.25, -0.2) is 4.39 Å². The van der Waals surface area contributed by atoms with Crippen molar-refractivity contribution in [3.8, 4) is 0 Å². The van der Waals surface area contributed by atoms with Crippen molar-refractivity contribution in [3.63, 3.8) is 0 Å². The summed E-state index contributed by atoms with van der Waals surface area (Å²) in [5.74, 6) is -0.144. The molecule has 1 rings (SSSR count). The van der Waals surface area contributed by atoms with Gasteiger partial charge in [-0.3, -0.25) is 4.90 Å². The predicted octanol–water partition coefficient (Wildman–Crippen LogP) is 2.44. The van der Waals surface area contributed by atoms with Gasteiger partial charge < -0.3 is 10.9 Å². The molecule has 100 valence electrons. The third-order valence-electron chi connectivity index (χ3n) is 2.67. The Morgan fingerprint density at radius 1 is 1.56 bits per heavy atom. The molecule has 0 aliphatic carbocycles. The molecule has 18 heavy (non-hydrogen) atoms. The van der Waals surface area contributed by atoms with E-state index in [-0.39, 0.29) is 11.7 Å². The van der Waals surface area contributed by atoms with Crippen LogP contribution in [0.15, 0.2) is 23.4 Å². The highest BCUT2D eigenvalue weighted by Gasteiger charge is 2.09. The van der Waals surface area contributed by atoms with E-state index in [1.54, 1.807) is 12.1 Å². The van der Waals surface area contributed by atoms with Crippen molar-refractivity contribution < 1.29 is 9.60 Å². The van der Waals surface area contributed by atoms with Crippen molar-refractivity contribution in [3.05, 3.63) is 34.6 Å². The third-order valence-corrected chi connectivity index (χ3v) is 2.90. The van der Waals surface area contributed by atoms with Crippen LogP contribution in [0.3, 0.4) is 0 Å². The molecule has 0 bridgehead atoms. The first-order valence-electron chi connectivity index (χ1n) is 5.69. The topological polar surface area (TPSA) is 61.8 Å². The molecule has 0 atom stereocenters. The Kier molecular flexibility index (Phi) is 5.88. The van der Waals surface area contributed by atoms with Gasteiger partial charge in [-0.1, -0.05) is 29.7 Å². The normalized spacial score (nSPS) is 12.1. The molecular formula is C12H17ClFN3O. The molecule has 0 aliphatic rings. The van der Waals surface area contributed by atoms with Crippen molar-refractivity contribution in [2.75, 3.05) is 13.1 Å². The van der Waals surface area contributed by atoms with Crippen LogP contribution in [0.4, 0.5) is 4.39 Å². The van der Waals surface area contributed by atoms with E-state index in [9.17, 15) is 4.39 Å². The molecule has 0 saturated carbocycles. The Labute approximate surface area is 111 Å². The lowest BCUT2D eigenvalue weighted by Gasteiger charge is -2.20. The second-order valence-corrected chi connectivity index (χ2v) is 4.38. The van der Waals surface area contributed by atoms with Crippen LogP contribution in [0.2, 0.25) is 5.02 Å². The zero-order valence-corrected chi connectivity index (χ0v) is 11.0. The fourth-order valence-corrected chi connectivity index (χ4v) is 1.72. The Bertz CT molecular complexity index is 426. The van der Waals surface area contributed by atoms with Gasteiger partial charge in [0.05, 0.1) is 0 Å². The van der Waals surface area contributed by atoms with Gasteiger partial charge in [0.1, 0.15) is 11.7 Å². The summed E-state index contributed by atoms with van der Waals surface area (Å²) in [5.41, 5.74) is 5.98. The Morgan fingerprint density at radius 3 is 2.83 bits per heavy atom. The van der Waals surface area contributed by atoms with Gasteiger partial charge in [0.2, 0.25) is 0 Å². The summed E-state index contributed by atoms with van der Waals surface area (Å²) in [6, 6.07) is 4.63. The summed E-state index contributed by atoms with van der Waals surface area (Å²) >= 11 is 5.70. The van der Waals surface area contributed by atoms with E-state index >= 15 is 0 Å². The minimum Gasteiger partial charge on any atom is -0.409 e. The van der Waals surface area contributed by atoms with E-state index in [0.29, 0.717) is 30.1 Å². The van der Waals surface area contributed by atoms with Crippen molar-refractivity contribution in [2.24, 2.45) is 10.9 Å². The smallest absolute Gasteiger partial charge is 0.140 e. The van der Waals surface area contributed by atoms with Crippen molar-refractivity contribution in [1.29, 1.82) is 0 Å². The van der Waals surface area contributed by atoms with Gasteiger partial charge in [0.25, 0.3) is 0 Å². The van der Waals surface area contributed by atoms with E-state index in [1.807, 2.05) is 11.8 Å². The minimum atomic E-state index is -0.315. The highest BCUT2D eigenvalue weighted by Crippen LogP contribution is 2.16. The van der Waals surface area contributed by atoms with Crippen molar-refractivity contribution >= 4 is 17.4 Å². The highest BCUT2D eigenvalue weighted by atomic mass is 35.5.